The van der Waals surface area contributed by atoms with E-state index in [1.165, 1.54) is 44.9 Å². The van der Waals surface area contributed by atoms with Gasteiger partial charge in [-0.3, -0.25) is 0 Å². The Labute approximate surface area is 101 Å². The van der Waals surface area contributed by atoms with E-state index in [4.69, 9.17) is 4.74 Å². The fourth-order valence-electron chi connectivity index (χ4n) is 2.42. The molecule has 0 N–H and O–H groups in total. The summed E-state index contributed by atoms with van der Waals surface area (Å²) in [5.41, 5.74) is 0. The molecule has 0 saturated heterocycles. The molecule has 1 rings (SSSR count). The predicted molar refractivity (Wildman–Crippen MR) is 70.3 cm³/mol. The van der Waals surface area contributed by atoms with Crippen LogP contribution in [-0.2, 0) is 4.74 Å². The zero-order chi connectivity index (χ0) is 11.6. The van der Waals surface area contributed by atoms with Crippen LogP contribution in [0, 0.1) is 5.92 Å². The van der Waals surface area contributed by atoms with E-state index in [1.807, 2.05) is 32.1 Å². The molecule has 1 aliphatic rings. The first-order chi connectivity index (χ1) is 7.86. The van der Waals surface area contributed by atoms with Crippen molar-refractivity contribution in [2.24, 2.45) is 5.92 Å². The predicted octanol–water partition coefficient (Wildman–Crippen LogP) is 4.84. The molecular formula is C15H26O. The molecule has 16 heavy (non-hydrogen) atoms. The molecule has 1 heteroatoms. The zero-order valence-electron chi connectivity index (χ0n) is 10.9. The minimum Gasteiger partial charge on any atom is -0.494 e. The van der Waals surface area contributed by atoms with Crippen molar-refractivity contribution in [1.82, 2.24) is 0 Å². The number of unbranched alkanes of at least 4 members (excludes halogenated alkanes) is 1. The van der Waals surface area contributed by atoms with Crippen molar-refractivity contribution in [3.8, 4) is 0 Å². The molecule has 1 nitrogen and oxygen atoms in total. The summed E-state index contributed by atoms with van der Waals surface area (Å²) >= 11 is 0. The monoisotopic (exact) mass is 222 g/mol. The quantitative estimate of drug-likeness (QED) is 0.340. The average molecular weight is 222 g/mol. The van der Waals surface area contributed by atoms with Crippen molar-refractivity contribution in [3.05, 3.63) is 24.0 Å². The molecule has 0 heterocycles. The Morgan fingerprint density at radius 1 is 1.19 bits per heavy atom. The molecule has 0 aromatic carbocycles. The third kappa shape index (κ3) is 5.39. The highest BCUT2D eigenvalue weighted by atomic mass is 16.5. The Hall–Kier alpha value is -0.720. The first-order valence-corrected chi connectivity index (χ1v) is 6.78. The lowest BCUT2D eigenvalue weighted by molar-refractivity contribution is 0.214. The SMILES string of the molecule is C/C=C\C(=C/C)OCCCCC1CCCC1. The molecular weight excluding hydrogens is 196 g/mol. The zero-order valence-corrected chi connectivity index (χ0v) is 10.9. The highest BCUT2D eigenvalue weighted by Gasteiger charge is 2.13. The van der Waals surface area contributed by atoms with Gasteiger partial charge in [0, 0.05) is 0 Å². The summed E-state index contributed by atoms with van der Waals surface area (Å²) in [5.74, 6) is 2.03. The van der Waals surface area contributed by atoms with Crippen LogP contribution < -0.4 is 0 Å². The highest BCUT2D eigenvalue weighted by molar-refractivity contribution is 5.09. The maximum atomic E-state index is 5.67. The van der Waals surface area contributed by atoms with E-state index < -0.39 is 0 Å². The molecule has 92 valence electrons. The van der Waals surface area contributed by atoms with Crippen molar-refractivity contribution in [2.45, 2.75) is 58.8 Å². The second kappa shape index (κ2) is 8.43. The normalized spacial score (nSPS) is 18.5. The van der Waals surface area contributed by atoms with Gasteiger partial charge in [-0.15, -0.1) is 0 Å². The summed E-state index contributed by atoms with van der Waals surface area (Å²) in [7, 11) is 0. The molecule has 0 amide bonds. The van der Waals surface area contributed by atoms with Gasteiger partial charge in [0.05, 0.1) is 6.61 Å². The molecule has 0 unspecified atom stereocenters. The maximum absolute atomic E-state index is 5.67. The molecule has 0 bridgehead atoms. The van der Waals surface area contributed by atoms with Gasteiger partial charge in [-0.25, -0.2) is 0 Å². The molecule has 1 fully saturated rings. The van der Waals surface area contributed by atoms with Crippen molar-refractivity contribution in [2.75, 3.05) is 6.61 Å². The first-order valence-electron chi connectivity index (χ1n) is 6.78. The highest BCUT2D eigenvalue weighted by Crippen LogP contribution is 2.28. The molecule has 0 atom stereocenters. The van der Waals surface area contributed by atoms with Gasteiger partial charge in [0.2, 0.25) is 0 Å². The Morgan fingerprint density at radius 2 is 1.94 bits per heavy atom. The number of hydrogen-bond donors (Lipinski definition) is 0. The lowest BCUT2D eigenvalue weighted by atomic mass is 10.0. The Balaban J connectivity index is 1.98. The minimum absolute atomic E-state index is 0.872. The Bertz CT molecular complexity index is 222. The van der Waals surface area contributed by atoms with Crippen LogP contribution in [0.15, 0.2) is 24.0 Å². The van der Waals surface area contributed by atoms with E-state index in [0.29, 0.717) is 0 Å². The van der Waals surface area contributed by atoms with Gasteiger partial charge in [-0.05, 0) is 44.8 Å². The van der Waals surface area contributed by atoms with Crippen LogP contribution in [0.5, 0.6) is 0 Å². The van der Waals surface area contributed by atoms with Crippen LogP contribution in [0.3, 0.4) is 0 Å². The topological polar surface area (TPSA) is 9.23 Å². The van der Waals surface area contributed by atoms with Crippen LogP contribution >= 0.6 is 0 Å². The second-order valence-corrected chi connectivity index (χ2v) is 4.69. The minimum atomic E-state index is 0.872. The van der Waals surface area contributed by atoms with E-state index >= 15 is 0 Å². The van der Waals surface area contributed by atoms with Crippen molar-refractivity contribution in [3.63, 3.8) is 0 Å². The number of hydrogen-bond acceptors (Lipinski definition) is 1. The van der Waals surface area contributed by atoms with Crippen LogP contribution in [0.25, 0.3) is 0 Å². The van der Waals surface area contributed by atoms with Crippen LogP contribution in [0.4, 0.5) is 0 Å². The summed E-state index contributed by atoms with van der Waals surface area (Å²) in [6, 6.07) is 0. The number of allylic oxidation sites excluding steroid dienone is 3. The van der Waals surface area contributed by atoms with E-state index in [9.17, 15) is 0 Å². The van der Waals surface area contributed by atoms with Crippen molar-refractivity contribution in [1.29, 1.82) is 0 Å². The largest absolute Gasteiger partial charge is 0.494 e. The first kappa shape index (κ1) is 13.3. The smallest absolute Gasteiger partial charge is 0.114 e. The number of ether oxygens (including phenoxy) is 1. The molecule has 0 aliphatic heterocycles. The van der Waals surface area contributed by atoms with Gasteiger partial charge in [0.25, 0.3) is 0 Å². The lowest BCUT2D eigenvalue weighted by Crippen LogP contribution is -1.97. The van der Waals surface area contributed by atoms with E-state index in [-0.39, 0.29) is 0 Å². The fraction of sp³-hybridized carbons (Fsp3) is 0.733. The summed E-state index contributed by atoms with van der Waals surface area (Å²) in [6.45, 7) is 4.91. The lowest BCUT2D eigenvalue weighted by Gasteiger charge is -2.09. The van der Waals surface area contributed by atoms with Crippen molar-refractivity contribution < 1.29 is 4.74 Å². The van der Waals surface area contributed by atoms with Gasteiger partial charge >= 0.3 is 0 Å². The maximum Gasteiger partial charge on any atom is 0.114 e. The van der Waals surface area contributed by atoms with Crippen molar-refractivity contribution >= 4 is 0 Å². The average Bonchev–Trinajstić information content (AvgIpc) is 2.80. The van der Waals surface area contributed by atoms with E-state index in [2.05, 4.69) is 0 Å². The second-order valence-electron chi connectivity index (χ2n) is 4.69. The van der Waals surface area contributed by atoms with Crippen LogP contribution in [0.1, 0.15) is 58.8 Å². The molecule has 0 radical (unpaired) electrons. The summed E-state index contributed by atoms with van der Waals surface area (Å²) in [5, 5.41) is 0. The van der Waals surface area contributed by atoms with Gasteiger partial charge in [-0.1, -0.05) is 38.2 Å². The van der Waals surface area contributed by atoms with Crippen LogP contribution in [-0.4, -0.2) is 6.61 Å². The van der Waals surface area contributed by atoms with Gasteiger partial charge in [0.15, 0.2) is 0 Å². The van der Waals surface area contributed by atoms with E-state index in [0.717, 1.165) is 18.3 Å². The molecule has 1 aliphatic carbocycles. The summed E-state index contributed by atoms with van der Waals surface area (Å²) in [6.07, 6.45) is 15.9. The third-order valence-corrected chi connectivity index (χ3v) is 3.37. The van der Waals surface area contributed by atoms with Gasteiger partial charge in [-0.2, -0.15) is 0 Å². The Kier molecular flexibility index (Phi) is 7.03. The molecule has 0 aromatic heterocycles. The van der Waals surface area contributed by atoms with Gasteiger partial charge < -0.3 is 4.74 Å². The standard InChI is InChI=1S/C15H26O/c1-3-9-15(4-2)16-13-8-7-12-14-10-5-6-11-14/h3-4,9,14H,5-8,10-13H2,1-2H3/b9-3-,15-4+. The summed E-state index contributed by atoms with van der Waals surface area (Å²) < 4.78 is 5.67. The van der Waals surface area contributed by atoms with Crippen LogP contribution in [0.2, 0.25) is 0 Å². The fourth-order valence-corrected chi connectivity index (χ4v) is 2.42. The molecule has 1 saturated carbocycles. The summed E-state index contributed by atoms with van der Waals surface area (Å²) in [4.78, 5) is 0. The van der Waals surface area contributed by atoms with E-state index in [1.54, 1.807) is 0 Å². The molecule has 0 spiro atoms. The molecule has 0 aromatic rings. The Morgan fingerprint density at radius 3 is 2.56 bits per heavy atom. The number of rotatable bonds is 7. The van der Waals surface area contributed by atoms with Gasteiger partial charge in [0.1, 0.15) is 5.76 Å². The third-order valence-electron chi connectivity index (χ3n) is 3.37.